The van der Waals surface area contributed by atoms with Gasteiger partial charge in [-0.15, -0.1) is 22.7 Å². The zero-order valence-electron chi connectivity index (χ0n) is 77.7. The first-order valence-corrected chi connectivity index (χ1v) is 49.9. The summed E-state index contributed by atoms with van der Waals surface area (Å²) in [6.07, 6.45) is 0. The van der Waals surface area contributed by atoms with Crippen LogP contribution in [-0.4, -0.2) is 44.9 Å². The van der Waals surface area contributed by atoms with Crippen molar-refractivity contribution in [1.29, 1.82) is 0 Å². The van der Waals surface area contributed by atoms with E-state index in [1.807, 2.05) is 193 Å². The Balaban J connectivity index is 0.000000108. The summed E-state index contributed by atoms with van der Waals surface area (Å²) in [5, 5.41) is 16.5. The molecule has 21 aromatic carbocycles. The van der Waals surface area contributed by atoms with Gasteiger partial charge >= 0.3 is 0 Å². The minimum atomic E-state index is 0.597. The molecular weight excluding hydrogens is 1810 g/mol. The lowest BCUT2D eigenvalue weighted by Crippen LogP contribution is -2.00. The van der Waals surface area contributed by atoms with E-state index in [4.69, 9.17) is 58.1 Å². The van der Waals surface area contributed by atoms with Crippen LogP contribution in [-0.2, 0) is 0 Å². The summed E-state index contributed by atoms with van der Waals surface area (Å²) < 4.78 is 24.5. The SMILES string of the molecule is c1ccc(-c2nc(-c3cccc(-c4cccc(-c5ccc6sc7ccccc7c6c5)c4)c3)nc(-c3ccc4c(c3)oc3ccccc34)n2)cc1.c1ccc(-c2nc(-c3cccc(-c4cccc(-c5cccc6c5sc5ccccc56)c4)c3)nc(-c3ccc4c(c3)oc3ccccc34)n2)cc1.c1ccc(-c2nc(-c3ccccc3)nc(-c3ccc(-c4cccc5c4oc4c5ccc5ccc6ccccc6c54)cc3)n2)cc1. The maximum Gasteiger partial charge on any atom is 0.164 e. The minimum absolute atomic E-state index is 0.597. The topological polar surface area (TPSA) is 155 Å². The normalized spacial score (nSPS) is 11.6. The van der Waals surface area contributed by atoms with Gasteiger partial charge in [-0.1, -0.05) is 388 Å². The predicted octanol–water partition coefficient (Wildman–Crippen LogP) is 35.7. The third-order valence-electron chi connectivity index (χ3n) is 27.2. The predicted molar refractivity (Wildman–Crippen MR) is 598 cm³/mol. The number of furan rings is 3. The van der Waals surface area contributed by atoms with Crippen molar-refractivity contribution in [1.82, 2.24) is 44.9 Å². The Bertz CT molecular complexity index is 10100. The van der Waals surface area contributed by atoms with Gasteiger partial charge in [0.15, 0.2) is 52.4 Å². The van der Waals surface area contributed by atoms with E-state index in [-0.39, 0.29) is 0 Å². The molecule has 678 valence electrons. The molecule has 0 radical (unpaired) electrons. The molecule has 8 aromatic heterocycles. The first kappa shape index (κ1) is 85.2. The Hall–Kier alpha value is -19.0. The molecule has 12 nitrogen and oxygen atoms in total. The van der Waals surface area contributed by atoms with Crippen LogP contribution in [0.5, 0.6) is 0 Å². The average molecular weight is 1890 g/mol. The fraction of sp³-hybridized carbons (Fsp3) is 0. The molecular formula is C131H79N9O3S2. The highest BCUT2D eigenvalue weighted by Crippen LogP contribution is 2.47. The molecule has 14 heteroatoms. The second kappa shape index (κ2) is 36.3. The van der Waals surface area contributed by atoms with Gasteiger partial charge in [-0.2, -0.15) is 0 Å². The molecule has 0 aliphatic heterocycles. The van der Waals surface area contributed by atoms with Gasteiger partial charge in [0.2, 0.25) is 0 Å². The summed E-state index contributed by atoms with van der Waals surface area (Å²) in [7, 11) is 0. The van der Waals surface area contributed by atoms with E-state index in [9.17, 15) is 0 Å². The van der Waals surface area contributed by atoms with E-state index in [0.29, 0.717) is 52.4 Å². The van der Waals surface area contributed by atoms with Gasteiger partial charge in [0.25, 0.3) is 0 Å². The van der Waals surface area contributed by atoms with Crippen LogP contribution in [0.3, 0.4) is 0 Å². The van der Waals surface area contributed by atoms with Gasteiger partial charge in [0.1, 0.15) is 33.5 Å². The second-order valence-electron chi connectivity index (χ2n) is 36.1. The van der Waals surface area contributed by atoms with Crippen molar-refractivity contribution in [2.45, 2.75) is 0 Å². The van der Waals surface area contributed by atoms with Crippen LogP contribution in [0.25, 0.3) is 286 Å². The molecule has 29 rings (SSSR count). The molecule has 8 heterocycles. The van der Waals surface area contributed by atoms with Gasteiger partial charge in [0.05, 0.1) is 0 Å². The van der Waals surface area contributed by atoms with Crippen LogP contribution >= 0.6 is 22.7 Å². The Morgan fingerprint density at radius 2 is 0.448 bits per heavy atom. The summed E-state index contributed by atoms with van der Waals surface area (Å²) >= 11 is 3.70. The number of hydrogen-bond donors (Lipinski definition) is 0. The first-order chi connectivity index (χ1) is 71.8. The van der Waals surface area contributed by atoms with Gasteiger partial charge in [0, 0.05) is 134 Å². The third-order valence-corrected chi connectivity index (χ3v) is 29.6. The van der Waals surface area contributed by atoms with Gasteiger partial charge < -0.3 is 13.3 Å². The van der Waals surface area contributed by atoms with E-state index in [1.165, 1.54) is 78.8 Å². The van der Waals surface area contributed by atoms with Crippen LogP contribution in [0, 0.1) is 0 Å². The van der Waals surface area contributed by atoms with E-state index in [1.54, 1.807) is 0 Å². The molecule has 0 saturated carbocycles. The number of fused-ring (bicyclic) bond motifs is 19. The molecule has 0 bridgehead atoms. The van der Waals surface area contributed by atoms with Crippen LogP contribution in [0.15, 0.2) is 492 Å². The van der Waals surface area contributed by atoms with Crippen LogP contribution in [0.2, 0.25) is 0 Å². The fourth-order valence-electron chi connectivity index (χ4n) is 20.0. The summed E-state index contributed by atoms with van der Waals surface area (Å²) in [5.74, 6) is 5.61. The standard InChI is InChI=1S/2C45H27N3OS.C41H25N3O/c1-2-11-28(12-3-1)43-46-44(48-45(47-43)33-23-24-36-35-17-4-6-21-39(35)49-40(36)27-33)32-16-9-14-30(26-32)29-13-8-15-31(25-29)34-19-10-20-38-37-18-5-7-22-41(37)50-42(34)38;1-2-10-28(11-3-1)43-46-44(48-45(47-43)34-20-22-36-35-16-4-6-18-39(35)49-40(36)27-34)33-15-9-14-31(25-33)29-12-8-13-30(24-29)32-21-23-42-38(26-32)37-17-5-7-19-41(37)50-42;1-3-11-29(12-4-1)39-42-40(30-13-5-2-6-14-30)44-41(43-39)31-22-19-27(20-23-31)33-16-9-17-34-35-25-24-28-21-18-26-10-7-8-15-32(26)36(28)38(35)45-37(33)34/h2*1-27H;1-25H. The number of rotatable bonds is 14. The van der Waals surface area contributed by atoms with E-state index in [2.05, 4.69) is 309 Å². The quantitative estimate of drug-likeness (QED) is 0.0951. The largest absolute Gasteiger partial charge is 0.456 e. The molecule has 0 N–H and O–H groups in total. The lowest BCUT2D eigenvalue weighted by Gasteiger charge is -2.11. The highest BCUT2D eigenvalue weighted by Gasteiger charge is 2.24. The van der Waals surface area contributed by atoms with Crippen LogP contribution in [0.1, 0.15) is 0 Å². The van der Waals surface area contributed by atoms with Gasteiger partial charge in [-0.3, -0.25) is 0 Å². The van der Waals surface area contributed by atoms with Crippen LogP contribution in [0.4, 0.5) is 0 Å². The molecule has 0 aliphatic carbocycles. The molecule has 0 spiro atoms. The molecule has 0 fully saturated rings. The Morgan fingerprint density at radius 1 is 0.145 bits per heavy atom. The molecule has 145 heavy (non-hydrogen) atoms. The monoisotopic (exact) mass is 1890 g/mol. The Labute approximate surface area is 839 Å². The van der Waals surface area contributed by atoms with Crippen molar-refractivity contribution in [3.05, 3.63) is 479 Å². The summed E-state index contributed by atoms with van der Waals surface area (Å²) in [6, 6.07) is 166. The average Bonchev–Trinajstić information content (AvgIpc) is 1.61. The van der Waals surface area contributed by atoms with E-state index in [0.717, 1.165) is 155 Å². The van der Waals surface area contributed by atoms with Crippen molar-refractivity contribution in [2.75, 3.05) is 0 Å². The van der Waals surface area contributed by atoms with Crippen LogP contribution < -0.4 is 0 Å². The highest BCUT2D eigenvalue weighted by molar-refractivity contribution is 7.26. The van der Waals surface area contributed by atoms with Crippen molar-refractivity contribution in [3.63, 3.8) is 0 Å². The number of aromatic nitrogens is 9. The van der Waals surface area contributed by atoms with Crippen molar-refractivity contribution in [3.8, 4) is 158 Å². The lowest BCUT2D eigenvalue weighted by atomic mass is 9.97. The Morgan fingerprint density at radius 3 is 0.959 bits per heavy atom. The number of nitrogens with zero attached hydrogens (tertiary/aromatic N) is 9. The summed E-state index contributed by atoms with van der Waals surface area (Å²) in [5.41, 5.74) is 24.8. The van der Waals surface area contributed by atoms with Crippen molar-refractivity contribution >= 4 is 150 Å². The zero-order chi connectivity index (χ0) is 95.8. The first-order valence-electron chi connectivity index (χ1n) is 48.2. The van der Waals surface area contributed by atoms with Crippen molar-refractivity contribution < 1.29 is 13.3 Å². The third kappa shape index (κ3) is 16.1. The summed E-state index contributed by atoms with van der Waals surface area (Å²) in [4.78, 5) is 44.6. The molecule has 0 saturated heterocycles. The molecule has 0 aliphatic rings. The van der Waals surface area contributed by atoms with E-state index >= 15 is 0 Å². The zero-order valence-corrected chi connectivity index (χ0v) is 79.3. The summed E-state index contributed by atoms with van der Waals surface area (Å²) in [6.45, 7) is 0. The molecule has 0 atom stereocenters. The van der Waals surface area contributed by atoms with Crippen molar-refractivity contribution in [2.24, 2.45) is 0 Å². The minimum Gasteiger partial charge on any atom is -0.456 e. The number of hydrogen-bond acceptors (Lipinski definition) is 14. The molecule has 29 aromatic rings. The smallest absolute Gasteiger partial charge is 0.164 e. The number of thiophene rings is 2. The molecule has 0 amide bonds. The van der Waals surface area contributed by atoms with Gasteiger partial charge in [-0.25, -0.2) is 44.9 Å². The second-order valence-corrected chi connectivity index (χ2v) is 38.2. The Kier molecular flexibility index (Phi) is 21.4. The fourth-order valence-corrected chi connectivity index (χ4v) is 22.4. The maximum atomic E-state index is 6.77. The van der Waals surface area contributed by atoms with E-state index < -0.39 is 0 Å². The molecule has 0 unspecified atom stereocenters. The number of para-hydroxylation sites is 3. The highest BCUT2D eigenvalue weighted by atomic mass is 32.1. The van der Waals surface area contributed by atoms with Gasteiger partial charge in [-0.05, 0) is 157 Å². The lowest BCUT2D eigenvalue weighted by molar-refractivity contribution is 0.668. The number of benzene rings is 21. The maximum absolute atomic E-state index is 6.77.